The summed E-state index contributed by atoms with van der Waals surface area (Å²) in [7, 11) is 0. The lowest BCUT2D eigenvalue weighted by molar-refractivity contribution is -0.119. The molecule has 5 heteroatoms. The van der Waals surface area contributed by atoms with Gasteiger partial charge in [-0.1, -0.05) is 23.8 Å². The molecule has 130 valence electrons. The minimum Gasteiger partial charge on any atom is -0.462 e. The van der Waals surface area contributed by atoms with E-state index in [0.29, 0.717) is 24.4 Å². The molecule has 0 spiro atoms. The summed E-state index contributed by atoms with van der Waals surface area (Å²) in [5, 5.41) is 5.93. The van der Waals surface area contributed by atoms with Crippen LogP contribution in [0.25, 0.3) is 0 Å². The molecular formula is C19H26N2O3. The summed E-state index contributed by atoms with van der Waals surface area (Å²) in [6.07, 6.45) is 8.07. The number of carbonyl (C=O) groups is 2. The zero-order chi connectivity index (χ0) is 17.2. The molecule has 0 bridgehead atoms. The number of ether oxygens (including phenoxy) is 1. The minimum atomic E-state index is -0.384. The molecule has 0 saturated carbocycles. The maximum Gasteiger partial charge on any atom is 0.340 e. The van der Waals surface area contributed by atoms with Crippen LogP contribution in [-0.2, 0) is 9.53 Å². The van der Waals surface area contributed by atoms with Crippen molar-refractivity contribution in [1.29, 1.82) is 0 Å². The molecule has 0 unspecified atom stereocenters. The first-order valence-electron chi connectivity index (χ1n) is 8.65. The molecule has 0 heterocycles. The Morgan fingerprint density at radius 2 is 2.04 bits per heavy atom. The topological polar surface area (TPSA) is 67.4 Å². The van der Waals surface area contributed by atoms with Gasteiger partial charge in [0.15, 0.2) is 0 Å². The van der Waals surface area contributed by atoms with Crippen LogP contribution < -0.4 is 10.6 Å². The van der Waals surface area contributed by atoms with Crippen molar-refractivity contribution in [3.63, 3.8) is 0 Å². The first-order valence-corrected chi connectivity index (χ1v) is 8.65. The van der Waals surface area contributed by atoms with Crippen molar-refractivity contribution >= 4 is 17.6 Å². The summed E-state index contributed by atoms with van der Waals surface area (Å²) >= 11 is 0. The Morgan fingerprint density at radius 1 is 1.21 bits per heavy atom. The fourth-order valence-corrected chi connectivity index (χ4v) is 2.76. The molecule has 2 rings (SSSR count). The molecule has 1 amide bonds. The van der Waals surface area contributed by atoms with Crippen LogP contribution in [0.2, 0.25) is 0 Å². The van der Waals surface area contributed by atoms with E-state index in [1.54, 1.807) is 25.1 Å². The number of para-hydroxylation sites is 1. The Balaban J connectivity index is 1.77. The SMILES string of the molecule is CCOC(=O)c1ccccc1NCC(=O)NCCC1=CCCCC1. The molecule has 1 aromatic carbocycles. The Morgan fingerprint density at radius 3 is 2.79 bits per heavy atom. The van der Waals surface area contributed by atoms with Gasteiger partial charge in [0.1, 0.15) is 0 Å². The third kappa shape index (κ3) is 5.72. The number of anilines is 1. The van der Waals surface area contributed by atoms with Gasteiger partial charge >= 0.3 is 5.97 Å². The molecule has 2 N–H and O–H groups in total. The first kappa shape index (κ1) is 18.0. The minimum absolute atomic E-state index is 0.0786. The van der Waals surface area contributed by atoms with Crippen LogP contribution in [0, 0.1) is 0 Å². The molecule has 5 nitrogen and oxygen atoms in total. The largest absolute Gasteiger partial charge is 0.462 e. The number of nitrogens with one attached hydrogen (secondary N) is 2. The normalized spacial score (nSPS) is 13.8. The number of esters is 1. The van der Waals surface area contributed by atoms with Crippen LogP contribution in [0.3, 0.4) is 0 Å². The predicted molar refractivity (Wildman–Crippen MR) is 95.1 cm³/mol. The zero-order valence-corrected chi connectivity index (χ0v) is 14.3. The van der Waals surface area contributed by atoms with Crippen LogP contribution in [0.5, 0.6) is 0 Å². The average molecular weight is 330 g/mol. The van der Waals surface area contributed by atoms with Crippen molar-refractivity contribution in [2.45, 2.75) is 39.0 Å². The molecule has 24 heavy (non-hydrogen) atoms. The van der Waals surface area contributed by atoms with E-state index in [4.69, 9.17) is 4.74 Å². The molecular weight excluding hydrogens is 304 g/mol. The lowest BCUT2D eigenvalue weighted by Gasteiger charge is -2.14. The van der Waals surface area contributed by atoms with Gasteiger partial charge < -0.3 is 15.4 Å². The summed E-state index contributed by atoms with van der Waals surface area (Å²) < 4.78 is 5.02. The molecule has 0 radical (unpaired) electrons. The van der Waals surface area contributed by atoms with E-state index in [9.17, 15) is 9.59 Å². The summed E-state index contributed by atoms with van der Waals surface area (Å²) in [5.74, 6) is -0.463. The number of amides is 1. The number of hydrogen-bond acceptors (Lipinski definition) is 4. The molecule has 0 aromatic heterocycles. The highest BCUT2D eigenvalue weighted by Crippen LogP contribution is 2.19. The highest BCUT2D eigenvalue weighted by molar-refractivity contribution is 5.96. The number of allylic oxidation sites excluding steroid dienone is 1. The maximum absolute atomic E-state index is 12.0. The smallest absolute Gasteiger partial charge is 0.340 e. The van der Waals surface area contributed by atoms with Crippen LogP contribution in [0.1, 0.15) is 49.4 Å². The van der Waals surface area contributed by atoms with Gasteiger partial charge in [0.25, 0.3) is 0 Å². The lowest BCUT2D eigenvalue weighted by atomic mass is 9.97. The van der Waals surface area contributed by atoms with Crippen LogP contribution in [-0.4, -0.2) is 31.6 Å². The molecule has 1 aromatic rings. The Bertz CT molecular complexity index is 596. The summed E-state index contributed by atoms with van der Waals surface area (Å²) in [6, 6.07) is 7.05. The van der Waals surface area contributed by atoms with Crippen LogP contribution in [0.4, 0.5) is 5.69 Å². The lowest BCUT2D eigenvalue weighted by Crippen LogP contribution is -2.31. The van der Waals surface area contributed by atoms with Crippen molar-refractivity contribution in [2.75, 3.05) is 25.0 Å². The van der Waals surface area contributed by atoms with E-state index in [1.807, 2.05) is 6.07 Å². The number of rotatable bonds is 8. The monoisotopic (exact) mass is 330 g/mol. The van der Waals surface area contributed by atoms with E-state index >= 15 is 0 Å². The summed E-state index contributed by atoms with van der Waals surface area (Å²) in [6.45, 7) is 2.88. The van der Waals surface area contributed by atoms with Gasteiger partial charge in [0, 0.05) is 12.2 Å². The highest BCUT2D eigenvalue weighted by Gasteiger charge is 2.12. The third-order valence-corrected chi connectivity index (χ3v) is 4.02. The van der Waals surface area contributed by atoms with Crippen LogP contribution in [0.15, 0.2) is 35.9 Å². The van der Waals surface area contributed by atoms with Gasteiger partial charge in [-0.2, -0.15) is 0 Å². The van der Waals surface area contributed by atoms with Gasteiger partial charge in [0.05, 0.1) is 18.7 Å². The second kappa shape index (κ2) is 9.75. The second-order valence-corrected chi connectivity index (χ2v) is 5.83. The molecule has 1 aliphatic carbocycles. The number of carbonyl (C=O) groups excluding carboxylic acids is 2. The fourth-order valence-electron chi connectivity index (χ4n) is 2.76. The molecule has 0 atom stereocenters. The van der Waals surface area contributed by atoms with Gasteiger partial charge in [-0.25, -0.2) is 4.79 Å². The van der Waals surface area contributed by atoms with E-state index in [0.717, 1.165) is 19.3 Å². The van der Waals surface area contributed by atoms with Gasteiger partial charge in [-0.3, -0.25) is 4.79 Å². The van der Waals surface area contributed by atoms with E-state index < -0.39 is 0 Å². The van der Waals surface area contributed by atoms with Crippen molar-refractivity contribution in [3.8, 4) is 0 Å². The predicted octanol–water partition coefficient (Wildman–Crippen LogP) is 3.28. The number of hydrogen-bond donors (Lipinski definition) is 2. The second-order valence-electron chi connectivity index (χ2n) is 5.83. The molecule has 0 saturated heterocycles. The zero-order valence-electron chi connectivity index (χ0n) is 14.3. The highest BCUT2D eigenvalue weighted by atomic mass is 16.5. The summed E-state index contributed by atoms with van der Waals surface area (Å²) in [5.41, 5.74) is 2.50. The van der Waals surface area contributed by atoms with Crippen molar-refractivity contribution in [1.82, 2.24) is 5.32 Å². The Hall–Kier alpha value is -2.30. The van der Waals surface area contributed by atoms with Crippen molar-refractivity contribution < 1.29 is 14.3 Å². The molecule has 0 aliphatic heterocycles. The maximum atomic E-state index is 12.0. The van der Waals surface area contributed by atoms with Gasteiger partial charge in [-0.05, 0) is 51.2 Å². The third-order valence-electron chi connectivity index (χ3n) is 4.02. The van der Waals surface area contributed by atoms with E-state index in [-0.39, 0.29) is 18.4 Å². The van der Waals surface area contributed by atoms with Gasteiger partial charge in [0.2, 0.25) is 5.91 Å². The first-order chi connectivity index (χ1) is 11.7. The fraction of sp³-hybridized carbons (Fsp3) is 0.474. The van der Waals surface area contributed by atoms with E-state index in [2.05, 4.69) is 16.7 Å². The van der Waals surface area contributed by atoms with Crippen molar-refractivity contribution in [2.24, 2.45) is 0 Å². The van der Waals surface area contributed by atoms with E-state index in [1.165, 1.54) is 18.4 Å². The number of benzene rings is 1. The molecule has 1 aliphatic rings. The Labute approximate surface area is 143 Å². The van der Waals surface area contributed by atoms with Crippen LogP contribution >= 0.6 is 0 Å². The standard InChI is InChI=1S/C19H26N2O3/c1-2-24-19(23)16-10-6-7-11-17(16)21-14-18(22)20-13-12-15-8-4-3-5-9-15/h6-8,10-11,21H,2-5,9,12-14H2,1H3,(H,20,22). The van der Waals surface area contributed by atoms with Crippen molar-refractivity contribution in [3.05, 3.63) is 41.5 Å². The summed E-state index contributed by atoms with van der Waals surface area (Å²) in [4.78, 5) is 23.8. The average Bonchev–Trinajstić information content (AvgIpc) is 2.61. The van der Waals surface area contributed by atoms with Gasteiger partial charge in [-0.15, -0.1) is 0 Å². The quantitative estimate of drug-likeness (QED) is 0.567. The molecule has 0 fully saturated rings. The Kier molecular flexibility index (Phi) is 7.33.